The molecule has 0 aliphatic carbocycles. The summed E-state index contributed by atoms with van der Waals surface area (Å²) in [6.45, 7) is 4.19. The zero-order chi connectivity index (χ0) is 20.5. The molecule has 1 aliphatic heterocycles. The van der Waals surface area contributed by atoms with E-state index in [9.17, 15) is 9.59 Å². The summed E-state index contributed by atoms with van der Waals surface area (Å²) in [6.07, 6.45) is 1.60. The van der Waals surface area contributed by atoms with Crippen molar-refractivity contribution in [2.45, 2.75) is 20.4 Å². The van der Waals surface area contributed by atoms with Crippen molar-refractivity contribution in [1.29, 1.82) is 0 Å². The van der Waals surface area contributed by atoms with E-state index in [1.54, 1.807) is 18.3 Å². The van der Waals surface area contributed by atoms with Gasteiger partial charge in [0.15, 0.2) is 5.78 Å². The van der Waals surface area contributed by atoms with Gasteiger partial charge in [-0.05, 0) is 31.2 Å². The number of aryl methyl sites for hydroxylation is 1. The number of hydrogen-bond donors (Lipinski definition) is 4. The average Bonchev–Trinajstić information content (AvgIpc) is 2.96. The number of nitrogens with zero attached hydrogens (tertiary/aromatic N) is 2. The van der Waals surface area contributed by atoms with Gasteiger partial charge in [-0.15, -0.1) is 0 Å². The van der Waals surface area contributed by atoms with E-state index in [0.29, 0.717) is 35.0 Å². The fourth-order valence-corrected chi connectivity index (χ4v) is 3.51. The van der Waals surface area contributed by atoms with Gasteiger partial charge in [0.2, 0.25) is 5.91 Å². The number of rotatable bonds is 4. The van der Waals surface area contributed by atoms with Gasteiger partial charge in [0.25, 0.3) is 0 Å². The number of aromatic nitrogens is 2. The highest BCUT2D eigenvalue weighted by atomic mass is 16.1. The van der Waals surface area contributed by atoms with Crippen molar-refractivity contribution in [3.8, 4) is 11.3 Å². The van der Waals surface area contributed by atoms with E-state index in [2.05, 4.69) is 20.9 Å². The first-order valence-electron chi connectivity index (χ1n) is 9.28. The van der Waals surface area contributed by atoms with Crippen LogP contribution < -0.4 is 21.8 Å². The number of nitrogens with two attached hydrogens (primary N) is 1. The van der Waals surface area contributed by atoms with Gasteiger partial charge in [0.05, 0.1) is 29.2 Å². The Labute approximate surface area is 168 Å². The Morgan fingerprint density at radius 3 is 2.69 bits per heavy atom. The van der Waals surface area contributed by atoms with Crippen molar-refractivity contribution in [3.63, 3.8) is 0 Å². The Bertz CT molecular complexity index is 1100. The van der Waals surface area contributed by atoms with E-state index in [-0.39, 0.29) is 18.2 Å². The number of carbonyl (C=O) groups excluding carboxylic acids is 2. The number of pyridine rings is 1. The third kappa shape index (κ3) is 3.57. The molecule has 0 saturated carbocycles. The number of carbonyl (C=O) groups is 2. The van der Waals surface area contributed by atoms with Gasteiger partial charge in [-0.2, -0.15) is 0 Å². The quantitative estimate of drug-likeness (QED) is 0.509. The second-order valence-electron chi connectivity index (χ2n) is 7.04. The largest absolute Gasteiger partial charge is 0.353 e. The minimum atomic E-state index is -0.213. The summed E-state index contributed by atoms with van der Waals surface area (Å²) < 4.78 is 1.53. The third-order valence-electron chi connectivity index (χ3n) is 4.82. The zero-order valence-corrected chi connectivity index (χ0v) is 16.2. The maximum absolute atomic E-state index is 12.7. The molecule has 0 bridgehead atoms. The van der Waals surface area contributed by atoms with Crippen LogP contribution in [0.25, 0.3) is 11.3 Å². The first-order chi connectivity index (χ1) is 13.9. The Hall–Kier alpha value is -3.65. The Kier molecular flexibility index (Phi) is 4.77. The number of benzene rings is 1. The van der Waals surface area contributed by atoms with Crippen molar-refractivity contribution >= 4 is 28.9 Å². The Balaban J connectivity index is 1.88. The molecule has 0 unspecified atom stereocenters. The summed E-state index contributed by atoms with van der Waals surface area (Å²) in [5.41, 5.74) is 5.34. The topological polar surface area (TPSA) is 114 Å². The van der Waals surface area contributed by atoms with Gasteiger partial charge in [-0.25, -0.2) is 4.98 Å². The Morgan fingerprint density at radius 2 is 1.97 bits per heavy atom. The maximum Gasteiger partial charge on any atom is 0.222 e. The lowest BCUT2D eigenvalue weighted by atomic mass is 10.0. The molecule has 0 radical (unpaired) electrons. The van der Waals surface area contributed by atoms with Gasteiger partial charge >= 0.3 is 0 Å². The molecule has 3 aromatic rings. The van der Waals surface area contributed by atoms with E-state index in [1.165, 1.54) is 11.6 Å². The third-order valence-corrected chi connectivity index (χ3v) is 4.82. The molecule has 8 heteroatoms. The summed E-state index contributed by atoms with van der Waals surface area (Å²) in [7, 11) is 0. The van der Waals surface area contributed by atoms with Crippen LogP contribution in [0.3, 0.4) is 0 Å². The number of ketones is 1. The van der Waals surface area contributed by atoms with Crippen LogP contribution in [0.4, 0.5) is 17.2 Å². The smallest absolute Gasteiger partial charge is 0.222 e. The number of Topliss-reactive ketones (excluding diaryl/α,β-unsaturated/α-hetero) is 1. The van der Waals surface area contributed by atoms with E-state index >= 15 is 0 Å². The SMILES string of the molecule is CC(=O)Nc1cc(-c2c(Nc3ccc(C)cc3)c3c(n2N)CNCC3=O)ccn1. The maximum atomic E-state index is 12.7. The van der Waals surface area contributed by atoms with Crippen molar-refractivity contribution in [2.24, 2.45) is 0 Å². The van der Waals surface area contributed by atoms with Crippen LogP contribution in [0.5, 0.6) is 0 Å². The zero-order valence-electron chi connectivity index (χ0n) is 16.2. The molecule has 29 heavy (non-hydrogen) atoms. The molecular formula is C21H22N6O2. The first-order valence-corrected chi connectivity index (χ1v) is 9.28. The number of amides is 1. The molecular weight excluding hydrogens is 368 g/mol. The molecule has 0 saturated heterocycles. The lowest BCUT2D eigenvalue weighted by Gasteiger charge is -2.15. The summed E-state index contributed by atoms with van der Waals surface area (Å²) >= 11 is 0. The van der Waals surface area contributed by atoms with Gasteiger partial charge < -0.3 is 21.8 Å². The van der Waals surface area contributed by atoms with Gasteiger partial charge in [-0.1, -0.05) is 17.7 Å². The molecule has 0 atom stereocenters. The van der Waals surface area contributed by atoms with Crippen LogP contribution in [-0.2, 0) is 11.3 Å². The average molecular weight is 390 g/mol. The van der Waals surface area contributed by atoms with E-state index in [1.807, 2.05) is 31.2 Å². The van der Waals surface area contributed by atoms with Crippen LogP contribution in [0.1, 0.15) is 28.5 Å². The summed E-state index contributed by atoms with van der Waals surface area (Å²) in [4.78, 5) is 28.3. The predicted molar refractivity (Wildman–Crippen MR) is 113 cm³/mol. The predicted octanol–water partition coefficient (Wildman–Crippen LogP) is 2.56. The summed E-state index contributed by atoms with van der Waals surface area (Å²) in [5.74, 6) is 6.60. The van der Waals surface area contributed by atoms with Crippen LogP contribution in [0.15, 0.2) is 42.6 Å². The molecule has 1 amide bonds. The van der Waals surface area contributed by atoms with E-state index < -0.39 is 0 Å². The lowest BCUT2D eigenvalue weighted by molar-refractivity contribution is -0.114. The number of fused-ring (bicyclic) bond motifs is 1. The number of hydrogen-bond acceptors (Lipinski definition) is 6. The molecule has 4 rings (SSSR count). The van der Waals surface area contributed by atoms with Crippen LogP contribution >= 0.6 is 0 Å². The molecule has 1 aliphatic rings. The van der Waals surface area contributed by atoms with E-state index in [0.717, 1.165) is 16.8 Å². The van der Waals surface area contributed by atoms with Gasteiger partial charge in [0, 0.05) is 30.9 Å². The molecule has 5 N–H and O–H groups in total. The van der Waals surface area contributed by atoms with Gasteiger partial charge in [0.1, 0.15) is 5.82 Å². The number of nitrogens with one attached hydrogen (secondary N) is 3. The fraction of sp³-hybridized carbons (Fsp3) is 0.190. The minimum absolute atomic E-state index is 0.0255. The standard InChI is InChI=1S/C21H22N6O2/c1-12-3-5-15(6-4-12)26-20-19-16(10-23-11-17(19)29)27(22)21(20)14-7-8-24-18(9-14)25-13(2)28/h3-9,23,26H,10-11,22H2,1-2H3,(H,24,25,28). The highest BCUT2D eigenvalue weighted by Gasteiger charge is 2.30. The Morgan fingerprint density at radius 1 is 1.21 bits per heavy atom. The second-order valence-corrected chi connectivity index (χ2v) is 7.04. The molecule has 3 heterocycles. The highest BCUT2D eigenvalue weighted by molar-refractivity contribution is 6.08. The fourth-order valence-electron chi connectivity index (χ4n) is 3.51. The molecule has 0 fully saturated rings. The first kappa shape index (κ1) is 18.7. The minimum Gasteiger partial charge on any atom is -0.353 e. The normalized spacial score (nSPS) is 13.1. The molecule has 2 aromatic heterocycles. The summed E-state index contributed by atoms with van der Waals surface area (Å²) in [5, 5.41) is 9.15. The molecule has 148 valence electrons. The highest BCUT2D eigenvalue weighted by Crippen LogP contribution is 2.38. The van der Waals surface area contributed by atoms with Crippen LogP contribution in [0.2, 0.25) is 0 Å². The number of anilines is 3. The summed E-state index contributed by atoms with van der Waals surface area (Å²) in [6, 6.07) is 11.5. The van der Waals surface area contributed by atoms with Crippen molar-refractivity contribution in [2.75, 3.05) is 23.0 Å². The van der Waals surface area contributed by atoms with Gasteiger partial charge in [-0.3, -0.25) is 14.3 Å². The second kappa shape index (κ2) is 7.40. The van der Waals surface area contributed by atoms with Crippen molar-refractivity contribution in [1.82, 2.24) is 15.0 Å². The lowest BCUT2D eigenvalue weighted by Crippen LogP contribution is -2.32. The van der Waals surface area contributed by atoms with E-state index in [4.69, 9.17) is 5.84 Å². The molecule has 1 aromatic carbocycles. The van der Waals surface area contributed by atoms with Crippen LogP contribution in [0, 0.1) is 6.92 Å². The monoisotopic (exact) mass is 390 g/mol. The van der Waals surface area contributed by atoms with Crippen LogP contribution in [-0.4, -0.2) is 27.9 Å². The number of nitrogen functional groups attached to an aromatic ring is 1. The molecule has 8 nitrogen and oxygen atoms in total. The molecule has 0 spiro atoms. The van der Waals surface area contributed by atoms with Crippen molar-refractivity contribution in [3.05, 3.63) is 59.4 Å². The van der Waals surface area contributed by atoms with Crippen molar-refractivity contribution < 1.29 is 9.59 Å².